The molecule has 0 unspecified atom stereocenters. The van der Waals surface area contributed by atoms with Crippen LogP contribution in [0.1, 0.15) is 51.5 Å². The highest BCUT2D eigenvalue weighted by atomic mass is 32.1. The first-order valence-electron chi connectivity index (χ1n) is 7.69. The molecule has 3 rings (SSSR count). The number of aliphatic hydroxyl groups is 1. The van der Waals surface area contributed by atoms with Gasteiger partial charge in [-0.2, -0.15) is 0 Å². The minimum atomic E-state index is -0.701. The second kappa shape index (κ2) is 6.64. The van der Waals surface area contributed by atoms with E-state index in [9.17, 15) is 14.7 Å². The molecule has 23 heavy (non-hydrogen) atoms. The summed E-state index contributed by atoms with van der Waals surface area (Å²) >= 11 is 1.29. The molecule has 0 aliphatic heterocycles. The summed E-state index contributed by atoms with van der Waals surface area (Å²) in [4.78, 5) is 26.4. The van der Waals surface area contributed by atoms with Crippen LogP contribution in [0.5, 0.6) is 0 Å². The minimum absolute atomic E-state index is 0.0393. The van der Waals surface area contributed by atoms with Crippen LogP contribution in [0.3, 0.4) is 0 Å². The fourth-order valence-corrected chi connectivity index (χ4v) is 3.43. The molecule has 1 aliphatic carbocycles. The number of benzene rings is 1. The van der Waals surface area contributed by atoms with Gasteiger partial charge in [0.2, 0.25) is 0 Å². The Labute approximate surface area is 139 Å². The van der Waals surface area contributed by atoms with E-state index in [1.165, 1.54) is 18.3 Å². The van der Waals surface area contributed by atoms with Gasteiger partial charge < -0.3 is 10.0 Å². The van der Waals surface area contributed by atoms with Gasteiger partial charge in [0, 0.05) is 17.0 Å². The van der Waals surface area contributed by atoms with Crippen molar-refractivity contribution in [2.75, 3.05) is 6.54 Å². The van der Waals surface area contributed by atoms with Gasteiger partial charge in [-0.3, -0.25) is 9.59 Å². The second-order valence-electron chi connectivity index (χ2n) is 5.87. The lowest BCUT2D eigenvalue weighted by Crippen LogP contribution is -2.36. The summed E-state index contributed by atoms with van der Waals surface area (Å²) in [6, 6.07) is 11.2. The summed E-state index contributed by atoms with van der Waals surface area (Å²) in [5.41, 5.74) is 1.37. The van der Waals surface area contributed by atoms with Gasteiger partial charge in [-0.25, -0.2) is 0 Å². The molecule has 5 heteroatoms. The molecular formula is C18H19NO3S. The average molecular weight is 329 g/mol. The van der Waals surface area contributed by atoms with Crippen LogP contribution in [0.4, 0.5) is 0 Å². The molecule has 0 radical (unpaired) electrons. The standard InChI is InChI=1S/C18H19NO3S/c1-12(20)14-9-17(23-11-14)18(22)19(15-7-8-15)10-16(21)13-5-3-2-4-6-13/h2-6,9,11,15-16,21H,7-8,10H2,1H3/t16-/m1/s1. The van der Waals surface area contributed by atoms with E-state index in [0.29, 0.717) is 10.4 Å². The number of aliphatic hydroxyl groups excluding tert-OH is 1. The third-order valence-corrected chi connectivity index (χ3v) is 4.94. The third kappa shape index (κ3) is 3.68. The zero-order chi connectivity index (χ0) is 16.4. The molecule has 1 aliphatic rings. The smallest absolute Gasteiger partial charge is 0.264 e. The maximum absolute atomic E-state index is 12.7. The summed E-state index contributed by atoms with van der Waals surface area (Å²) in [6.07, 6.45) is 1.24. The van der Waals surface area contributed by atoms with Crippen LogP contribution < -0.4 is 0 Å². The van der Waals surface area contributed by atoms with Crippen LogP contribution in [-0.2, 0) is 0 Å². The van der Waals surface area contributed by atoms with Crippen molar-refractivity contribution in [1.29, 1.82) is 0 Å². The lowest BCUT2D eigenvalue weighted by Gasteiger charge is -2.25. The van der Waals surface area contributed by atoms with E-state index in [1.807, 2.05) is 30.3 Å². The van der Waals surface area contributed by atoms with Gasteiger partial charge >= 0.3 is 0 Å². The fraction of sp³-hybridized carbons (Fsp3) is 0.333. The number of Topliss-reactive ketones (excluding diaryl/α,β-unsaturated/α-hetero) is 1. The van der Waals surface area contributed by atoms with Crippen molar-refractivity contribution < 1.29 is 14.7 Å². The van der Waals surface area contributed by atoms with E-state index in [2.05, 4.69) is 0 Å². The molecule has 1 amide bonds. The number of nitrogens with zero attached hydrogens (tertiary/aromatic N) is 1. The molecular weight excluding hydrogens is 310 g/mol. The normalized spacial score (nSPS) is 15.2. The van der Waals surface area contributed by atoms with Gasteiger partial charge in [0.1, 0.15) is 0 Å². The van der Waals surface area contributed by atoms with Gasteiger partial charge in [-0.1, -0.05) is 30.3 Å². The molecule has 1 fully saturated rings. The Morgan fingerprint density at radius 1 is 1.30 bits per heavy atom. The Hall–Kier alpha value is -1.98. The molecule has 120 valence electrons. The highest BCUT2D eigenvalue weighted by molar-refractivity contribution is 7.12. The number of carbonyl (C=O) groups is 2. The molecule has 1 saturated carbocycles. The number of hydrogen-bond donors (Lipinski definition) is 1. The third-order valence-electron chi connectivity index (χ3n) is 4.02. The van der Waals surface area contributed by atoms with E-state index in [-0.39, 0.29) is 24.3 Å². The maximum atomic E-state index is 12.7. The SMILES string of the molecule is CC(=O)c1csc(C(=O)N(C[C@@H](O)c2ccccc2)C2CC2)c1. The van der Waals surface area contributed by atoms with Crippen LogP contribution in [0.25, 0.3) is 0 Å². The zero-order valence-corrected chi connectivity index (χ0v) is 13.8. The molecule has 1 aromatic heterocycles. The molecule has 0 saturated heterocycles. The Morgan fingerprint density at radius 2 is 2.00 bits per heavy atom. The predicted octanol–water partition coefficient (Wildman–Crippen LogP) is 3.29. The number of thiophene rings is 1. The Morgan fingerprint density at radius 3 is 2.57 bits per heavy atom. The lowest BCUT2D eigenvalue weighted by atomic mass is 10.1. The summed E-state index contributed by atoms with van der Waals surface area (Å²) in [7, 11) is 0. The molecule has 1 heterocycles. The maximum Gasteiger partial charge on any atom is 0.264 e. The van der Waals surface area contributed by atoms with Gasteiger partial charge in [0.05, 0.1) is 17.5 Å². The molecule has 0 spiro atoms. The molecule has 4 nitrogen and oxygen atoms in total. The van der Waals surface area contributed by atoms with Crippen LogP contribution in [-0.4, -0.2) is 34.3 Å². The number of carbonyl (C=O) groups excluding carboxylic acids is 2. The van der Waals surface area contributed by atoms with Crippen molar-refractivity contribution in [3.8, 4) is 0 Å². The Bertz CT molecular complexity index is 706. The first-order chi connectivity index (χ1) is 11.1. The van der Waals surface area contributed by atoms with E-state index in [4.69, 9.17) is 0 Å². The number of rotatable bonds is 6. The minimum Gasteiger partial charge on any atom is -0.387 e. The summed E-state index contributed by atoms with van der Waals surface area (Å²) in [5.74, 6) is -0.137. The zero-order valence-electron chi connectivity index (χ0n) is 12.9. The second-order valence-corrected chi connectivity index (χ2v) is 6.78. The number of ketones is 1. The van der Waals surface area contributed by atoms with E-state index in [1.54, 1.807) is 16.3 Å². The number of amides is 1. The summed E-state index contributed by atoms with van der Waals surface area (Å²) in [6.45, 7) is 1.77. The van der Waals surface area contributed by atoms with Gasteiger partial charge in [-0.05, 0) is 31.4 Å². The van der Waals surface area contributed by atoms with E-state index >= 15 is 0 Å². The van der Waals surface area contributed by atoms with Gasteiger partial charge in [0.15, 0.2) is 5.78 Å². The van der Waals surface area contributed by atoms with Crippen LogP contribution in [0, 0.1) is 0 Å². The van der Waals surface area contributed by atoms with Crippen LogP contribution in [0.2, 0.25) is 0 Å². The Balaban J connectivity index is 1.76. The van der Waals surface area contributed by atoms with Crippen molar-refractivity contribution in [3.63, 3.8) is 0 Å². The predicted molar refractivity (Wildman–Crippen MR) is 89.8 cm³/mol. The van der Waals surface area contributed by atoms with Gasteiger partial charge in [-0.15, -0.1) is 11.3 Å². The van der Waals surface area contributed by atoms with Crippen molar-refractivity contribution in [1.82, 2.24) is 4.90 Å². The van der Waals surface area contributed by atoms with Crippen molar-refractivity contribution in [2.24, 2.45) is 0 Å². The lowest BCUT2D eigenvalue weighted by molar-refractivity contribution is 0.0608. The van der Waals surface area contributed by atoms with E-state index in [0.717, 1.165) is 18.4 Å². The molecule has 1 atom stereocenters. The summed E-state index contributed by atoms with van der Waals surface area (Å²) < 4.78 is 0. The van der Waals surface area contributed by atoms with E-state index < -0.39 is 6.10 Å². The van der Waals surface area contributed by atoms with Crippen molar-refractivity contribution in [2.45, 2.75) is 31.9 Å². The first-order valence-corrected chi connectivity index (χ1v) is 8.57. The first kappa shape index (κ1) is 15.9. The molecule has 1 aromatic carbocycles. The highest BCUT2D eigenvalue weighted by Gasteiger charge is 2.35. The molecule has 1 N–H and O–H groups in total. The van der Waals surface area contributed by atoms with Gasteiger partial charge in [0.25, 0.3) is 5.91 Å². The Kier molecular flexibility index (Phi) is 4.59. The van der Waals surface area contributed by atoms with Crippen LogP contribution in [0.15, 0.2) is 41.8 Å². The molecule has 2 aromatic rings. The largest absolute Gasteiger partial charge is 0.387 e. The van der Waals surface area contributed by atoms with Crippen LogP contribution >= 0.6 is 11.3 Å². The molecule has 0 bridgehead atoms. The topological polar surface area (TPSA) is 57.6 Å². The van der Waals surface area contributed by atoms with Crippen molar-refractivity contribution >= 4 is 23.0 Å². The highest BCUT2D eigenvalue weighted by Crippen LogP contribution is 2.31. The monoisotopic (exact) mass is 329 g/mol. The fourth-order valence-electron chi connectivity index (χ4n) is 2.53. The van der Waals surface area contributed by atoms with Crippen molar-refractivity contribution in [3.05, 3.63) is 57.8 Å². The average Bonchev–Trinajstić information content (AvgIpc) is 3.27. The number of hydrogen-bond acceptors (Lipinski definition) is 4. The summed E-state index contributed by atoms with van der Waals surface area (Å²) in [5, 5.41) is 12.1. The quantitative estimate of drug-likeness (QED) is 0.827.